The molecule has 9 heteroatoms. The summed E-state index contributed by atoms with van der Waals surface area (Å²) in [6.07, 6.45) is -13.6. The molecule has 0 atom stereocenters. The molecule has 0 bridgehead atoms. The lowest BCUT2D eigenvalue weighted by Crippen LogP contribution is -2.24. The number of halogens is 8. The summed E-state index contributed by atoms with van der Waals surface area (Å²) >= 11 is 0. The molecule has 4 aromatic rings. The van der Waals surface area contributed by atoms with Crippen LogP contribution in [-0.2, 0) is 18.5 Å². The molecule has 0 aliphatic rings. The van der Waals surface area contributed by atoms with Gasteiger partial charge < -0.3 is 4.74 Å². The summed E-state index contributed by atoms with van der Waals surface area (Å²) in [6.45, 7) is 5.72. The van der Waals surface area contributed by atoms with E-state index < -0.39 is 35.2 Å². The van der Waals surface area contributed by atoms with Gasteiger partial charge in [0.25, 0.3) is 0 Å². The van der Waals surface area contributed by atoms with Crippen molar-refractivity contribution in [2.45, 2.75) is 46.2 Å². The maximum Gasteiger partial charge on any atom is 0.427 e. The van der Waals surface area contributed by atoms with E-state index in [0.29, 0.717) is 28.3 Å². The molecule has 0 radical (unpaired) electrons. The molecule has 4 rings (SSSR count). The zero-order valence-electron chi connectivity index (χ0n) is 20.7. The Hall–Kier alpha value is -3.62. The molecule has 0 fully saturated rings. The fourth-order valence-electron chi connectivity index (χ4n) is 4.90. The average molecular weight is 538 g/mol. The number of hydrogen-bond donors (Lipinski definition) is 0. The average Bonchev–Trinajstić information content (AvgIpc) is 2.76. The van der Waals surface area contributed by atoms with Gasteiger partial charge in [-0.15, -0.1) is 0 Å². The molecule has 1 nitrogen and oxygen atoms in total. The lowest BCUT2D eigenvalue weighted by atomic mass is 9.92. The van der Waals surface area contributed by atoms with E-state index in [1.165, 1.54) is 36.4 Å². The maximum absolute atomic E-state index is 15.0. The van der Waals surface area contributed by atoms with Crippen LogP contribution in [0.15, 0.2) is 60.7 Å². The highest BCUT2D eigenvalue weighted by atomic mass is 19.4. The Balaban J connectivity index is 1.72. The van der Waals surface area contributed by atoms with Crippen molar-refractivity contribution in [3.05, 3.63) is 99.6 Å². The molecular formula is C29H22F8O. The number of ether oxygens (including phenoxy) is 1. The summed E-state index contributed by atoms with van der Waals surface area (Å²) in [5.74, 6) is -0.159. The third-order valence-corrected chi connectivity index (χ3v) is 6.39. The van der Waals surface area contributed by atoms with Crippen LogP contribution >= 0.6 is 0 Å². The predicted molar refractivity (Wildman–Crippen MR) is 129 cm³/mol. The molecule has 38 heavy (non-hydrogen) atoms. The highest BCUT2D eigenvalue weighted by molar-refractivity contribution is 5.92. The quantitative estimate of drug-likeness (QED) is 0.235. The highest BCUT2D eigenvalue weighted by Gasteiger charge is 2.41. The Morgan fingerprint density at radius 1 is 0.579 bits per heavy atom. The van der Waals surface area contributed by atoms with Gasteiger partial charge in [0, 0.05) is 0 Å². The van der Waals surface area contributed by atoms with Gasteiger partial charge in [0.05, 0.1) is 16.7 Å². The Morgan fingerprint density at radius 3 is 1.66 bits per heavy atom. The molecule has 200 valence electrons. The Morgan fingerprint density at radius 2 is 1.13 bits per heavy atom. The van der Waals surface area contributed by atoms with Gasteiger partial charge in [-0.2, -0.15) is 35.1 Å². The van der Waals surface area contributed by atoms with Gasteiger partial charge in [0.2, 0.25) is 0 Å². The molecule has 0 amide bonds. The monoisotopic (exact) mass is 538 g/mol. The molecule has 0 heterocycles. The zero-order valence-corrected chi connectivity index (χ0v) is 20.7. The predicted octanol–water partition coefficient (Wildman–Crippen LogP) is 9.91. The summed E-state index contributed by atoms with van der Waals surface area (Å²) < 4.78 is 117. The highest BCUT2D eigenvalue weighted by Crippen LogP contribution is 2.44. The van der Waals surface area contributed by atoms with Gasteiger partial charge in [-0.25, -0.2) is 0 Å². The van der Waals surface area contributed by atoms with Crippen LogP contribution in [-0.4, -0.2) is 0 Å². The third-order valence-electron chi connectivity index (χ3n) is 6.39. The first kappa shape index (κ1) is 27.4. The second kappa shape index (κ2) is 9.29. The second-order valence-electron chi connectivity index (χ2n) is 9.27. The van der Waals surface area contributed by atoms with E-state index in [2.05, 4.69) is 0 Å². The van der Waals surface area contributed by atoms with Crippen LogP contribution in [0.1, 0.15) is 38.9 Å². The Kier molecular flexibility index (Phi) is 6.70. The minimum Gasteiger partial charge on any atom is -0.429 e. The van der Waals surface area contributed by atoms with Gasteiger partial charge in [-0.3, -0.25) is 0 Å². The summed E-state index contributed by atoms with van der Waals surface area (Å²) in [5.41, 5.74) is -1.59. The van der Waals surface area contributed by atoms with Crippen LogP contribution in [0.3, 0.4) is 0 Å². The topological polar surface area (TPSA) is 9.23 Å². The molecule has 0 spiro atoms. The van der Waals surface area contributed by atoms with E-state index >= 15 is 0 Å². The number of aryl methyl sites for hydroxylation is 3. The summed E-state index contributed by atoms with van der Waals surface area (Å²) in [7, 11) is 0. The molecule has 4 aromatic carbocycles. The summed E-state index contributed by atoms with van der Waals surface area (Å²) in [4.78, 5) is 0. The second-order valence-corrected chi connectivity index (χ2v) is 9.27. The zero-order chi connectivity index (χ0) is 28.2. The molecule has 0 unspecified atom stereocenters. The number of fused-ring (bicyclic) bond motifs is 1. The van der Waals surface area contributed by atoms with Gasteiger partial charge in [-0.05, 0) is 90.6 Å². The van der Waals surface area contributed by atoms with Crippen LogP contribution < -0.4 is 4.74 Å². The van der Waals surface area contributed by atoms with E-state index in [4.69, 9.17) is 4.74 Å². The van der Waals surface area contributed by atoms with Crippen molar-refractivity contribution >= 4 is 10.8 Å². The minimum absolute atomic E-state index is 0.159. The molecule has 0 aliphatic heterocycles. The number of alkyl halides is 8. The molecule has 0 saturated carbocycles. The van der Waals surface area contributed by atoms with Crippen LogP contribution in [0.5, 0.6) is 5.75 Å². The van der Waals surface area contributed by atoms with E-state index in [0.717, 1.165) is 18.6 Å². The standard InChI is InChI=1S/C29H22F8O/c1-15-11-16(2)25(17(3)12-15)29(36,37)38-22-8-5-19(6-9-22)20-7-10-23-21(13-20)14-24(27(30,31)32)18(4)26(23)28(33,34)35/h5-14H,1-4H3. The van der Waals surface area contributed by atoms with Crippen LogP contribution in [0.4, 0.5) is 35.1 Å². The lowest BCUT2D eigenvalue weighted by molar-refractivity contribution is -0.186. The molecule has 0 aliphatic carbocycles. The van der Waals surface area contributed by atoms with Gasteiger partial charge in [-0.1, -0.05) is 42.0 Å². The van der Waals surface area contributed by atoms with Crippen molar-refractivity contribution in [3.8, 4) is 16.9 Å². The third kappa shape index (κ3) is 5.19. The van der Waals surface area contributed by atoms with Crippen LogP contribution in [0.25, 0.3) is 21.9 Å². The number of benzene rings is 4. The van der Waals surface area contributed by atoms with Crippen molar-refractivity contribution in [2.24, 2.45) is 0 Å². The first-order chi connectivity index (χ1) is 17.5. The minimum atomic E-state index is -5.00. The van der Waals surface area contributed by atoms with Gasteiger partial charge >= 0.3 is 18.5 Å². The molecule has 0 aromatic heterocycles. The van der Waals surface area contributed by atoms with Crippen LogP contribution in [0.2, 0.25) is 0 Å². The van der Waals surface area contributed by atoms with Crippen molar-refractivity contribution in [1.29, 1.82) is 0 Å². The first-order valence-corrected chi connectivity index (χ1v) is 11.5. The van der Waals surface area contributed by atoms with E-state index in [1.807, 2.05) is 0 Å². The fourth-order valence-corrected chi connectivity index (χ4v) is 4.90. The normalized spacial score (nSPS) is 12.7. The Labute approximate surface area is 213 Å². The SMILES string of the molecule is Cc1cc(C)c(C(F)(F)Oc2ccc(-c3ccc4c(C(F)(F)F)c(C)c(C(F)(F)F)cc4c3)cc2)c(C)c1. The molecule has 0 saturated heterocycles. The maximum atomic E-state index is 15.0. The number of hydrogen-bond acceptors (Lipinski definition) is 1. The first-order valence-electron chi connectivity index (χ1n) is 11.5. The fraction of sp³-hybridized carbons (Fsp3) is 0.241. The van der Waals surface area contributed by atoms with E-state index in [1.54, 1.807) is 32.9 Å². The van der Waals surface area contributed by atoms with E-state index in [9.17, 15) is 35.1 Å². The van der Waals surface area contributed by atoms with E-state index in [-0.39, 0.29) is 22.1 Å². The van der Waals surface area contributed by atoms with Crippen LogP contribution in [0, 0.1) is 27.7 Å². The number of rotatable bonds is 4. The summed E-state index contributed by atoms with van der Waals surface area (Å²) in [6, 6.07) is 13.0. The van der Waals surface area contributed by atoms with Gasteiger partial charge in [0.1, 0.15) is 5.75 Å². The Bertz CT molecular complexity index is 1490. The molecular weight excluding hydrogens is 516 g/mol. The smallest absolute Gasteiger partial charge is 0.427 e. The van der Waals surface area contributed by atoms with Crippen molar-refractivity contribution < 1.29 is 39.9 Å². The largest absolute Gasteiger partial charge is 0.429 e. The van der Waals surface area contributed by atoms with Crippen molar-refractivity contribution in [2.75, 3.05) is 0 Å². The van der Waals surface area contributed by atoms with Crippen molar-refractivity contribution in [3.63, 3.8) is 0 Å². The lowest BCUT2D eigenvalue weighted by Gasteiger charge is -2.22. The van der Waals surface area contributed by atoms with Gasteiger partial charge in [0.15, 0.2) is 0 Å². The summed E-state index contributed by atoms with van der Waals surface area (Å²) in [5, 5.41) is -0.611. The molecule has 0 N–H and O–H groups in total. The van der Waals surface area contributed by atoms with Crippen molar-refractivity contribution in [1.82, 2.24) is 0 Å².